The molecule has 1 aliphatic rings. The molecule has 1 heterocycles. The van der Waals surface area contributed by atoms with Crippen LogP contribution in [0.15, 0.2) is 5.10 Å². The molecule has 0 aromatic carbocycles. The zero-order chi connectivity index (χ0) is 6.69. The van der Waals surface area contributed by atoms with Crippen LogP contribution in [0.4, 0.5) is 0 Å². The van der Waals surface area contributed by atoms with E-state index in [4.69, 9.17) is 0 Å². The summed E-state index contributed by atoms with van der Waals surface area (Å²) in [6.45, 7) is 0. The normalized spacial score (nSPS) is 25.9. The van der Waals surface area contributed by atoms with Crippen molar-refractivity contribution in [3.05, 3.63) is 0 Å². The van der Waals surface area contributed by atoms with E-state index in [1.807, 2.05) is 0 Å². The van der Waals surface area contributed by atoms with Crippen LogP contribution in [0.3, 0.4) is 0 Å². The average Bonchev–Trinajstić information content (AvgIpc) is 1.89. The molecule has 0 bridgehead atoms. The van der Waals surface area contributed by atoms with Gasteiger partial charge in [0.05, 0.1) is 12.3 Å². The van der Waals surface area contributed by atoms with Crippen LogP contribution in [0.25, 0.3) is 0 Å². The molecule has 1 atom stereocenters. The van der Waals surface area contributed by atoms with E-state index in [0.717, 1.165) is 0 Å². The number of carbonyl (C=O) groups is 1. The molecule has 0 aromatic rings. The first-order valence-corrected chi connectivity index (χ1v) is 2.74. The number of hydrazone groups is 1. The van der Waals surface area contributed by atoms with Gasteiger partial charge in [-0.2, -0.15) is 5.10 Å². The van der Waals surface area contributed by atoms with E-state index in [9.17, 15) is 4.79 Å². The molecule has 0 saturated heterocycles. The van der Waals surface area contributed by atoms with Crippen LogP contribution < -0.4 is 10.7 Å². The molecular formula is C5H8N3O. The molecule has 0 fully saturated rings. The van der Waals surface area contributed by atoms with E-state index < -0.39 is 0 Å². The molecule has 0 spiro atoms. The van der Waals surface area contributed by atoms with Crippen molar-refractivity contribution in [2.45, 2.75) is 12.5 Å². The van der Waals surface area contributed by atoms with E-state index in [2.05, 4.69) is 22.1 Å². The van der Waals surface area contributed by atoms with E-state index in [1.54, 1.807) is 7.05 Å². The summed E-state index contributed by atoms with van der Waals surface area (Å²) in [5.41, 5.74) is 2.30. The first-order valence-electron chi connectivity index (χ1n) is 2.74. The van der Waals surface area contributed by atoms with Gasteiger partial charge in [-0.25, -0.2) is 5.43 Å². The molecule has 0 aromatic heterocycles. The average molecular weight is 126 g/mol. The lowest BCUT2D eigenvalue weighted by Gasteiger charge is -2.13. The second-order valence-electron chi connectivity index (χ2n) is 1.79. The zero-order valence-corrected chi connectivity index (χ0v) is 5.14. The third-order valence-electron chi connectivity index (χ3n) is 1.21. The lowest BCUT2D eigenvalue weighted by molar-refractivity contribution is -0.123. The SMILES string of the molecule is CNC1C[C]=NNC1=O. The van der Waals surface area contributed by atoms with Gasteiger partial charge in [-0.1, -0.05) is 0 Å². The Labute approximate surface area is 53.3 Å². The number of carbonyl (C=O) groups excluding carboxylic acids is 1. The fraction of sp³-hybridized carbons (Fsp3) is 0.600. The maximum absolute atomic E-state index is 10.7. The third kappa shape index (κ3) is 1.26. The smallest absolute Gasteiger partial charge is 0.257 e. The summed E-state index contributed by atoms with van der Waals surface area (Å²) in [4.78, 5) is 10.7. The molecule has 1 rings (SSSR count). The van der Waals surface area contributed by atoms with Gasteiger partial charge in [0.25, 0.3) is 5.91 Å². The molecule has 1 unspecified atom stereocenters. The quantitative estimate of drug-likeness (QED) is 0.471. The van der Waals surface area contributed by atoms with Gasteiger partial charge in [0.15, 0.2) is 0 Å². The minimum absolute atomic E-state index is 0.0868. The highest BCUT2D eigenvalue weighted by molar-refractivity contribution is 5.87. The van der Waals surface area contributed by atoms with Crippen LogP contribution in [-0.4, -0.2) is 25.2 Å². The number of nitrogens with one attached hydrogen (secondary N) is 2. The van der Waals surface area contributed by atoms with Gasteiger partial charge in [-0.05, 0) is 7.05 Å². The predicted molar refractivity (Wildman–Crippen MR) is 33.0 cm³/mol. The van der Waals surface area contributed by atoms with Crippen molar-refractivity contribution in [1.82, 2.24) is 10.7 Å². The molecule has 4 heteroatoms. The maximum Gasteiger partial charge on any atom is 0.257 e. The third-order valence-corrected chi connectivity index (χ3v) is 1.21. The van der Waals surface area contributed by atoms with Crippen molar-refractivity contribution in [2.24, 2.45) is 5.10 Å². The topological polar surface area (TPSA) is 53.5 Å². The lowest BCUT2D eigenvalue weighted by Crippen LogP contribution is -2.43. The van der Waals surface area contributed by atoms with Crippen LogP contribution in [0.2, 0.25) is 0 Å². The molecule has 2 N–H and O–H groups in total. The van der Waals surface area contributed by atoms with Crippen LogP contribution in [0, 0.1) is 0 Å². The van der Waals surface area contributed by atoms with Crippen LogP contribution in [0.1, 0.15) is 6.42 Å². The lowest BCUT2D eigenvalue weighted by atomic mass is 10.2. The molecule has 0 aliphatic carbocycles. The second kappa shape index (κ2) is 2.59. The molecular weight excluding hydrogens is 118 g/mol. The van der Waals surface area contributed by atoms with Gasteiger partial charge in [0, 0.05) is 6.42 Å². The Morgan fingerprint density at radius 1 is 2.00 bits per heavy atom. The summed E-state index contributed by atoms with van der Waals surface area (Å²) in [5, 5.41) is 6.29. The Morgan fingerprint density at radius 3 is 3.22 bits per heavy atom. The molecule has 0 saturated carbocycles. The molecule has 1 aliphatic heterocycles. The summed E-state index contributed by atoms with van der Waals surface area (Å²) >= 11 is 0. The van der Waals surface area contributed by atoms with Crippen molar-refractivity contribution in [3.63, 3.8) is 0 Å². The van der Waals surface area contributed by atoms with Crippen LogP contribution in [-0.2, 0) is 4.79 Å². The summed E-state index contributed by atoms with van der Waals surface area (Å²) in [7, 11) is 1.73. The number of nitrogens with zero attached hydrogens (tertiary/aromatic N) is 1. The second-order valence-corrected chi connectivity index (χ2v) is 1.79. The largest absolute Gasteiger partial charge is 0.309 e. The fourth-order valence-corrected chi connectivity index (χ4v) is 0.635. The summed E-state index contributed by atoms with van der Waals surface area (Å²) in [5.74, 6) is -0.0868. The van der Waals surface area contributed by atoms with Crippen LogP contribution >= 0.6 is 0 Å². The number of rotatable bonds is 1. The predicted octanol–water partition coefficient (Wildman–Crippen LogP) is -1.04. The fourth-order valence-electron chi connectivity index (χ4n) is 0.635. The number of hydrogen-bond donors (Lipinski definition) is 2. The Morgan fingerprint density at radius 2 is 2.78 bits per heavy atom. The van der Waals surface area contributed by atoms with Gasteiger partial charge in [0.1, 0.15) is 0 Å². The van der Waals surface area contributed by atoms with Crippen molar-refractivity contribution < 1.29 is 4.79 Å². The van der Waals surface area contributed by atoms with Gasteiger partial charge < -0.3 is 5.32 Å². The summed E-state index contributed by atoms with van der Waals surface area (Å²) < 4.78 is 0. The highest BCUT2D eigenvalue weighted by atomic mass is 16.2. The first-order chi connectivity index (χ1) is 4.34. The minimum Gasteiger partial charge on any atom is -0.309 e. The number of amides is 1. The monoisotopic (exact) mass is 126 g/mol. The van der Waals surface area contributed by atoms with Crippen molar-refractivity contribution >= 4 is 12.1 Å². The van der Waals surface area contributed by atoms with E-state index in [-0.39, 0.29) is 11.9 Å². The Balaban J connectivity index is 2.53. The molecule has 49 valence electrons. The molecule has 1 amide bonds. The summed E-state index contributed by atoms with van der Waals surface area (Å²) in [6, 6.07) is -0.150. The Bertz CT molecular complexity index is 143. The van der Waals surface area contributed by atoms with Gasteiger partial charge >= 0.3 is 0 Å². The van der Waals surface area contributed by atoms with Gasteiger partial charge in [-0.15, -0.1) is 0 Å². The van der Waals surface area contributed by atoms with Gasteiger partial charge in [-0.3, -0.25) is 4.79 Å². The van der Waals surface area contributed by atoms with E-state index in [0.29, 0.717) is 6.42 Å². The van der Waals surface area contributed by atoms with Crippen molar-refractivity contribution in [2.75, 3.05) is 7.05 Å². The number of hydrogen-bond acceptors (Lipinski definition) is 3. The highest BCUT2D eigenvalue weighted by Crippen LogP contribution is 1.92. The van der Waals surface area contributed by atoms with Crippen molar-refractivity contribution in [1.29, 1.82) is 0 Å². The van der Waals surface area contributed by atoms with E-state index >= 15 is 0 Å². The highest BCUT2D eigenvalue weighted by Gasteiger charge is 2.17. The van der Waals surface area contributed by atoms with Crippen molar-refractivity contribution in [3.8, 4) is 0 Å². The standard InChI is InChI=1S/C5H8N3O/c1-6-4-2-3-7-8-5(4)9/h4,6H,2H2,1H3,(H,8,9). The molecule has 9 heavy (non-hydrogen) atoms. The minimum atomic E-state index is -0.150. The Hall–Kier alpha value is -0.900. The first kappa shape index (κ1) is 6.22. The van der Waals surface area contributed by atoms with Gasteiger partial charge in [0.2, 0.25) is 0 Å². The molecule has 4 nitrogen and oxygen atoms in total. The Kier molecular flexibility index (Phi) is 1.79. The number of likely N-dealkylation sites (N-methyl/N-ethyl adjacent to an activating group) is 1. The van der Waals surface area contributed by atoms with Crippen LogP contribution in [0.5, 0.6) is 0 Å². The zero-order valence-electron chi connectivity index (χ0n) is 5.14. The van der Waals surface area contributed by atoms with E-state index in [1.165, 1.54) is 0 Å². The maximum atomic E-state index is 10.7. The molecule has 1 radical (unpaired) electrons. The summed E-state index contributed by atoms with van der Waals surface area (Å²) in [6.07, 6.45) is 3.20.